The molecule has 204 valence electrons. The predicted molar refractivity (Wildman–Crippen MR) is 137 cm³/mol. The molecule has 1 aliphatic rings. The molecular formula is C27H33N2O9+. The summed E-state index contributed by atoms with van der Waals surface area (Å²) < 4.78 is 11.6. The van der Waals surface area contributed by atoms with Crippen LogP contribution in [0.4, 0.5) is 5.69 Å². The molecule has 11 heteroatoms. The van der Waals surface area contributed by atoms with Gasteiger partial charge >= 0.3 is 11.9 Å². The highest BCUT2D eigenvalue weighted by atomic mass is 16.6. The minimum atomic E-state index is -1.51. The Labute approximate surface area is 220 Å². The Bertz CT molecular complexity index is 1140. The van der Waals surface area contributed by atoms with Crippen LogP contribution in [0, 0.1) is 0 Å². The number of cyclic esters (lactones) is 1. The van der Waals surface area contributed by atoms with E-state index in [1.807, 2.05) is 70.3 Å². The maximum absolute atomic E-state index is 12.1. The minimum absolute atomic E-state index is 0.000464. The lowest BCUT2D eigenvalue weighted by atomic mass is 10.1. The fraction of sp³-hybridized carbons (Fsp3) is 0.370. The quantitative estimate of drug-likeness (QED) is 0.175. The number of aromatic nitrogens is 1. The molecule has 3 rings (SSSR count). The van der Waals surface area contributed by atoms with Gasteiger partial charge in [-0.25, -0.2) is 4.79 Å². The summed E-state index contributed by atoms with van der Waals surface area (Å²) in [6.07, 6.45) is 3.39. The van der Waals surface area contributed by atoms with Crippen molar-refractivity contribution in [3.05, 3.63) is 71.4 Å². The van der Waals surface area contributed by atoms with Crippen LogP contribution in [0.15, 0.2) is 60.2 Å². The van der Waals surface area contributed by atoms with Crippen LogP contribution in [0.25, 0.3) is 12.2 Å². The molecule has 0 fully saturated rings. The summed E-state index contributed by atoms with van der Waals surface area (Å²) in [5.74, 6) is -3.47. The second kappa shape index (κ2) is 14.1. The Kier molecular flexibility index (Phi) is 10.6. The molecule has 11 nitrogen and oxygen atoms in total. The Balaban J connectivity index is 1.49. The van der Waals surface area contributed by atoms with Gasteiger partial charge in [-0.2, -0.15) is 4.57 Å². The van der Waals surface area contributed by atoms with Gasteiger partial charge in [-0.15, -0.1) is 0 Å². The number of nitrogens with zero attached hydrogens (tertiary/aromatic N) is 2. The molecule has 2 unspecified atom stereocenters. The smallest absolute Gasteiger partial charge is 0.377 e. The SMILES string of the molecule is O=C(CCC[n+]1ccccc1/C=C/c1ccc(N(CCO)CCO)cc1)OCC(O)C1OC(=O)C(O)=C1O. The van der Waals surface area contributed by atoms with Gasteiger partial charge in [0.05, 0.1) is 19.6 Å². The van der Waals surface area contributed by atoms with E-state index in [0.29, 0.717) is 26.1 Å². The first-order chi connectivity index (χ1) is 18.3. The van der Waals surface area contributed by atoms with Gasteiger partial charge in [-0.1, -0.05) is 12.1 Å². The highest BCUT2D eigenvalue weighted by Crippen LogP contribution is 2.21. The van der Waals surface area contributed by atoms with Crippen LogP contribution in [0.1, 0.15) is 24.1 Å². The molecule has 2 aromatic rings. The number of esters is 2. The van der Waals surface area contributed by atoms with Crippen LogP contribution in [-0.4, -0.2) is 82.6 Å². The number of aliphatic hydroxyl groups is 5. The summed E-state index contributed by atoms with van der Waals surface area (Å²) in [4.78, 5) is 25.2. The average molecular weight is 530 g/mol. The molecule has 0 spiro atoms. The summed E-state index contributed by atoms with van der Waals surface area (Å²) >= 11 is 0. The fourth-order valence-electron chi connectivity index (χ4n) is 3.89. The van der Waals surface area contributed by atoms with E-state index in [2.05, 4.69) is 4.74 Å². The van der Waals surface area contributed by atoms with E-state index in [1.54, 1.807) is 0 Å². The minimum Gasteiger partial charge on any atom is -0.505 e. The van der Waals surface area contributed by atoms with E-state index < -0.39 is 42.3 Å². The Morgan fingerprint density at radius 3 is 2.42 bits per heavy atom. The summed E-state index contributed by atoms with van der Waals surface area (Å²) in [5, 5.41) is 47.3. The Morgan fingerprint density at radius 1 is 1.08 bits per heavy atom. The Hall–Kier alpha value is -3.93. The normalized spacial score (nSPS) is 16.1. The molecule has 0 amide bonds. The highest BCUT2D eigenvalue weighted by molar-refractivity contribution is 5.89. The number of aliphatic hydroxyl groups excluding tert-OH is 5. The largest absolute Gasteiger partial charge is 0.505 e. The zero-order valence-corrected chi connectivity index (χ0v) is 20.8. The van der Waals surface area contributed by atoms with E-state index >= 15 is 0 Å². The third-order valence-electron chi connectivity index (χ3n) is 5.90. The van der Waals surface area contributed by atoms with Crippen LogP contribution in [0.5, 0.6) is 0 Å². The number of carbonyl (C=O) groups is 2. The first-order valence-electron chi connectivity index (χ1n) is 12.2. The second-order valence-electron chi connectivity index (χ2n) is 8.59. The van der Waals surface area contributed by atoms with Crippen molar-refractivity contribution in [1.82, 2.24) is 0 Å². The van der Waals surface area contributed by atoms with Crippen molar-refractivity contribution in [2.24, 2.45) is 0 Å². The van der Waals surface area contributed by atoms with Gasteiger partial charge in [0.25, 0.3) is 0 Å². The molecule has 38 heavy (non-hydrogen) atoms. The summed E-state index contributed by atoms with van der Waals surface area (Å²) in [6, 6.07) is 13.5. The molecule has 0 aliphatic carbocycles. The van der Waals surface area contributed by atoms with E-state index in [0.717, 1.165) is 16.9 Å². The lowest BCUT2D eigenvalue weighted by Crippen LogP contribution is -2.37. The van der Waals surface area contributed by atoms with Gasteiger partial charge in [0, 0.05) is 43.4 Å². The molecule has 2 atom stereocenters. The maximum atomic E-state index is 12.1. The van der Waals surface area contributed by atoms with E-state index in [4.69, 9.17) is 4.74 Å². The first-order valence-corrected chi connectivity index (χ1v) is 12.2. The van der Waals surface area contributed by atoms with Crippen molar-refractivity contribution in [3.63, 3.8) is 0 Å². The van der Waals surface area contributed by atoms with E-state index in [-0.39, 0.29) is 19.6 Å². The zero-order chi connectivity index (χ0) is 27.5. The van der Waals surface area contributed by atoms with Crippen LogP contribution in [0.2, 0.25) is 0 Å². The number of benzene rings is 1. The van der Waals surface area contributed by atoms with Gasteiger partial charge in [-0.3, -0.25) is 4.79 Å². The number of pyridine rings is 1. The highest BCUT2D eigenvalue weighted by Gasteiger charge is 2.39. The molecule has 5 N–H and O–H groups in total. The lowest BCUT2D eigenvalue weighted by molar-refractivity contribution is -0.698. The van der Waals surface area contributed by atoms with Crippen molar-refractivity contribution in [1.29, 1.82) is 0 Å². The van der Waals surface area contributed by atoms with Crippen LogP contribution < -0.4 is 9.47 Å². The average Bonchev–Trinajstić information content (AvgIpc) is 3.18. The number of hydrogen-bond donors (Lipinski definition) is 5. The summed E-state index contributed by atoms with van der Waals surface area (Å²) in [5.41, 5.74) is 2.81. The van der Waals surface area contributed by atoms with Crippen molar-refractivity contribution >= 4 is 29.8 Å². The molecule has 2 heterocycles. The van der Waals surface area contributed by atoms with Crippen molar-refractivity contribution in [2.45, 2.75) is 31.6 Å². The molecular weight excluding hydrogens is 496 g/mol. The molecule has 0 saturated carbocycles. The number of carbonyl (C=O) groups excluding carboxylic acids is 2. The molecule has 1 aromatic heterocycles. The van der Waals surface area contributed by atoms with E-state index in [9.17, 15) is 35.1 Å². The van der Waals surface area contributed by atoms with Crippen molar-refractivity contribution < 1.29 is 49.2 Å². The lowest BCUT2D eigenvalue weighted by Gasteiger charge is -2.22. The van der Waals surface area contributed by atoms with Gasteiger partial charge < -0.3 is 39.9 Å². The molecule has 1 aromatic carbocycles. The van der Waals surface area contributed by atoms with Gasteiger partial charge in [0.15, 0.2) is 18.1 Å². The molecule has 0 radical (unpaired) electrons. The topological polar surface area (TPSA) is 161 Å². The summed E-state index contributed by atoms with van der Waals surface area (Å²) in [7, 11) is 0. The van der Waals surface area contributed by atoms with Crippen LogP contribution in [-0.2, 0) is 25.6 Å². The number of rotatable bonds is 14. The van der Waals surface area contributed by atoms with Crippen LogP contribution >= 0.6 is 0 Å². The monoisotopic (exact) mass is 529 g/mol. The third kappa shape index (κ3) is 7.78. The molecule has 1 aliphatic heterocycles. The van der Waals surface area contributed by atoms with Gasteiger partial charge in [0.1, 0.15) is 19.3 Å². The van der Waals surface area contributed by atoms with Crippen molar-refractivity contribution in [3.8, 4) is 0 Å². The summed E-state index contributed by atoms with van der Waals surface area (Å²) in [6.45, 7) is 0.911. The standard InChI is InChI=1S/C27H32N2O9/c30-16-14-29(15-17-31)21-10-7-19(8-11-21)6-9-20-4-1-2-12-28(20)13-3-5-23(33)37-18-22(32)26-24(34)25(35)27(36)38-26/h1-2,4,6-12,22,26,30-32H,3,5,13-18H2,(H-,34,35,36)/p+1. The maximum Gasteiger partial charge on any atom is 0.377 e. The number of hydrogen-bond acceptors (Lipinski definition) is 10. The van der Waals surface area contributed by atoms with Crippen molar-refractivity contribution in [2.75, 3.05) is 37.8 Å². The number of ether oxygens (including phenoxy) is 2. The number of aryl methyl sites for hydroxylation is 1. The van der Waals surface area contributed by atoms with Gasteiger partial charge in [0.2, 0.25) is 11.5 Å². The fourth-order valence-corrected chi connectivity index (χ4v) is 3.89. The predicted octanol–water partition coefficient (Wildman–Crippen LogP) is 0.873. The van der Waals surface area contributed by atoms with Crippen LogP contribution in [0.3, 0.4) is 0 Å². The zero-order valence-electron chi connectivity index (χ0n) is 20.8. The number of anilines is 1. The Morgan fingerprint density at radius 2 is 1.79 bits per heavy atom. The molecule has 0 bridgehead atoms. The third-order valence-corrected chi connectivity index (χ3v) is 5.90. The van der Waals surface area contributed by atoms with Gasteiger partial charge in [-0.05, 0) is 29.8 Å². The first kappa shape index (κ1) is 28.6. The molecule has 0 saturated heterocycles. The van der Waals surface area contributed by atoms with E-state index in [1.165, 1.54) is 0 Å². The second-order valence-corrected chi connectivity index (χ2v) is 8.59.